The molecule has 2 aromatic rings. The zero-order valence-electron chi connectivity index (χ0n) is 19.1. The van der Waals surface area contributed by atoms with Gasteiger partial charge in [-0.25, -0.2) is 9.97 Å². The highest BCUT2D eigenvalue weighted by Crippen LogP contribution is 2.38. The number of hydrogen-bond donors (Lipinski definition) is 0. The largest absolute Gasteiger partial charge is 0.347 e. The molecule has 0 N–H and O–H groups in total. The Hall–Kier alpha value is -2.47. The molecule has 2 saturated heterocycles. The highest BCUT2D eigenvalue weighted by molar-refractivity contribution is 5.78. The van der Waals surface area contributed by atoms with Crippen LogP contribution in [-0.4, -0.2) is 65.9 Å². The first-order chi connectivity index (χ1) is 15.1. The smallest absolute Gasteiger partial charge is 0.225 e. The van der Waals surface area contributed by atoms with Crippen molar-refractivity contribution in [1.29, 1.82) is 0 Å². The summed E-state index contributed by atoms with van der Waals surface area (Å²) in [6, 6.07) is 10.3. The predicted molar refractivity (Wildman–Crippen MR) is 125 cm³/mol. The van der Waals surface area contributed by atoms with Gasteiger partial charge in [0.25, 0.3) is 0 Å². The van der Waals surface area contributed by atoms with Crippen molar-refractivity contribution in [3.05, 3.63) is 42.2 Å². The fourth-order valence-corrected chi connectivity index (χ4v) is 4.92. The summed E-state index contributed by atoms with van der Waals surface area (Å²) in [5.74, 6) is 1.50. The van der Waals surface area contributed by atoms with Gasteiger partial charge in [0.2, 0.25) is 11.9 Å². The molecule has 1 unspecified atom stereocenters. The molecule has 2 aliphatic heterocycles. The van der Waals surface area contributed by atoms with Crippen LogP contribution in [0.5, 0.6) is 0 Å². The Balaban J connectivity index is 1.57. The highest BCUT2D eigenvalue weighted by Gasteiger charge is 2.34. The number of benzene rings is 1. The third-order valence-electron chi connectivity index (χ3n) is 6.80. The fourth-order valence-electron chi connectivity index (χ4n) is 4.92. The average molecular weight is 422 g/mol. The van der Waals surface area contributed by atoms with Gasteiger partial charge >= 0.3 is 0 Å². The van der Waals surface area contributed by atoms with Crippen LogP contribution in [0.25, 0.3) is 11.1 Å². The lowest BCUT2D eigenvalue weighted by molar-refractivity contribution is -0.133. The van der Waals surface area contributed by atoms with Gasteiger partial charge in [0.15, 0.2) is 0 Å². The molecule has 0 radical (unpaired) electrons. The van der Waals surface area contributed by atoms with Crippen molar-refractivity contribution in [2.24, 2.45) is 5.92 Å². The van der Waals surface area contributed by atoms with E-state index in [-0.39, 0.29) is 6.04 Å². The summed E-state index contributed by atoms with van der Waals surface area (Å²) >= 11 is 0. The van der Waals surface area contributed by atoms with Gasteiger partial charge in [-0.1, -0.05) is 37.3 Å². The molecule has 0 bridgehead atoms. The van der Waals surface area contributed by atoms with E-state index in [1.807, 2.05) is 43.4 Å². The summed E-state index contributed by atoms with van der Waals surface area (Å²) < 4.78 is 0. The molecule has 0 aliphatic carbocycles. The Kier molecular flexibility index (Phi) is 6.86. The minimum absolute atomic E-state index is 0.0279. The minimum atomic E-state index is 0.0279. The number of aromatic nitrogens is 2. The van der Waals surface area contributed by atoms with Crippen molar-refractivity contribution in [1.82, 2.24) is 19.8 Å². The summed E-state index contributed by atoms with van der Waals surface area (Å²) in [4.78, 5) is 29.4. The lowest BCUT2D eigenvalue weighted by Crippen LogP contribution is -2.37. The van der Waals surface area contributed by atoms with Crippen LogP contribution in [0.3, 0.4) is 0 Å². The molecule has 2 fully saturated rings. The topological polar surface area (TPSA) is 52.6 Å². The summed E-state index contributed by atoms with van der Waals surface area (Å²) in [5.41, 5.74) is 3.12. The van der Waals surface area contributed by atoms with Gasteiger partial charge in [-0.2, -0.15) is 0 Å². The Bertz CT molecular complexity index is 877. The second-order valence-electron chi connectivity index (χ2n) is 9.06. The van der Waals surface area contributed by atoms with E-state index < -0.39 is 0 Å². The number of rotatable bonds is 6. The SMILES string of the molecule is CCN1CCC(CC(=O)N2CCCC2c2nc(N(C)C)ncc2-c2ccccc2)CC1. The molecule has 0 saturated carbocycles. The first-order valence-electron chi connectivity index (χ1n) is 11.7. The van der Waals surface area contributed by atoms with Crippen molar-refractivity contribution in [3.63, 3.8) is 0 Å². The van der Waals surface area contributed by atoms with E-state index in [9.17, 15) is 4.79 Å². The van der Waals surface area contributed by atoms with Crippen LogP contribution in [0.15, 0.2) is 36.5 Å². The number of piperidine rings is 1. The number of carbonyl (C=O) groups excluding carboxylic acids is 1. The van der Waals surface area contributed by atoms with Crippen molar-refractivity contribution in [2.75, 3.05) is 45.2 Å². The summed E-state index contributed by atoms with van der Waals surface area (Å²) in [6.45, 7) is 6.39. The third-order valence-corrected chi connectivity index (χ3v) is 6.80. The van der Waals surface area contributed by atoms with Crippen LogP contribution in [0.4, 0.5) is 5.95 Å². The van der Waals surface area contributed by atoms with Gasteiger partial charge in [0.05, 0.1) is 11.7 Å². The monoisotopic (exact) mass is 421 g/mol. The Morgan fingerprint density at radius 3 is 2.52 bits per heavy atom. The van der Waals surface area contributed by atoms with Gasteiger partial charge in [0, 0.05) is 38.8 Å². The van der Waals surface area contributed by atoms with E-state index in [4.69, 9.17) is 4.98 Å². The molecule has 1 amide bonds. The zero-order chi connectivity index (χ0) is 21.8. The van der Waals surface area contributed by atoms with Gasteiger partial charge in [-0.3, -0.25) is 4.79 Å². The molecule has 1 aromatic carbocycles. The van der Waals surface area contributed by atoms with Crippen molar-refractivity contribution in [2.45, 2.75) is 45.1 Å². The van der Waals surface area contributed by atoms with Crippen molar-refractivity contribution >= 4 is 11.9 Å². The summed E-state index contributed by atoms with van der Waals surface area (Å²) in [6.07, 6.45) is 6.84. The van der Waals surface area contributed by atoms with E-state index in [1.54, 1.807) is 0 Å². The molecule has 0 spiro atoms. The maximum atomic E-state index is 13.4. The van der Waals surface area contributed by atoms with Crippen LogP contribution in [0.1, 0.15) is 50.8 Å². The molecule has 2 aliphatic rings. The van der Waals surface area contributed by atoms with Crippen LogP contribution < -0.4 is 4.90 Å². The fraction of sp³-hybridized carbons (Fsp3) is 0.560. The Morgan fingerprint density at radius 1 is 1.10 bits per heavy atom. The van der Waals surface area contributed by atoms with E-state index in [0.29, 0.717) is 24.2 Å². The molecular weight excluding hydrogens is 386 g/mol. The van der Waals surface area contributed by atoms with E-state index >= 15 is 0 Å². The first kappa shape index (κ1) is 21.8. The van der Waals surface area contributed by atoms with Gasteiger partial charge in [-0.15, -0.1) is 0 Å². The number of likely N-dealkylation sites (tertiary alicyclic amines) is 2. The highest BCUT2D eigenvalue weighted by atomic mass is 16.2. The van der Waals surface area contributed by atoms with E-state index in [0.717, 1.165) is 68.7 Å². The van der Waals surface area contributed by atoms with Gasteiger partial charge in [0.1, 0.15) is 0 Å². The molecule has 31 heavy (non-hydrogen) atoms. The first-order valence-corrected chi connectivity index (χ1v) is 11.7. The Labute approximate surface area is 186 Å². The molecule has 6 nitrogen and oxygen atoms in total. The number of amides is 1. The van der Waals surface area contributed by atoms with Crippen LogP contribution in [0.2, 0.25) is 0 Å². The molecule has 4 rings (SSSR count). The van der Waals surface area contributed by atoms with Crippen LogP contribution >= 0.6 is 0 Å². The average Bonchev–Trinajstić information content (AvgIpc) is 3.30. The molecule has 3 heterocycles. The standard InChI is InChI=1S/C25H35N5O/c1-4-29-15-12-19(13-16-29)17-23(31)30-14-8-11-22(30)24-21(20-9-6-5-7-10-20)18-26-25(27-24)28(2)3/h5-7,9-10,18-19,22H,4,8,11-17H2,1-3H3. The zero-order valence-corrected chi connectivity index (χ0v) is 19.1. The predicted octanol–water partition coefficient (Wildman–Crippen LogP) is 4.00. The van der Waals surface area contributed by atoms with Gasteiger partial charge < -0.3 is 14.7 Å². The minimum Gasteiger partial charge on any atom is -0.347 e. The maximum Gasteiger partial charge on any atom is 0.225 e. The Morgan fingerprint density at radius 2 is 1.84 bits per heavy atom. The molecule has 166 valence electrons. The van der Waals surface area contributed by atoms with Gasteiger partial charge in [-0.05, 0) is 56.8 Å². The third kappa shape index (κ3) is 4.90. The molecule has 1 aromatic heterocycles. The van der Waals surface area contributed by atoms with E-state index in [2.05, 4.69) is 33.8 Å². The molecule has 1 atom stereocenters. The lowest BCUT2D eigenvalue weighted by atomic mass is 9.92. The number of nitrogens with zero attached hydrogens (tertiary/aromatic N) is 5. The van der Waals surface area contributed by atoms with Crippen LogP contribution in [-0.2, 0) is 4.79 Å². The number of carbonyl (C=O) groups is 1. The van der Waals surface area contributed by atoms with Crippen molar-refractivity contribution < 1.29 is 4.79 Å². The quantitative estimate of drug-likeness (QED) is 0.706. The normalized spacial score (nSPS) is 20.2. The van der Waals surface area contributed by atoms with E-state index in [1.165, 1.54) is 0 Å². The van der Waals surface area contributed by atoms with Crippen molar-refractivity contribution in [3.8, 4) is 11.1 Å². The summed E-state index contributed by atoms with van der Waals surface area (Å²) in [5, 5.41) is 0. The second-order valence-corrected chi connectivity index (χ2v) is 9.06. The summed E-state index contributed by atoms with van der Waals surface area (Å²) in [7, 11) is 3.92. The lowest BCUT2D eigenvalue weighted by Gasteiger charge is -2.33. The molecular formula is C25H35N5O. The number of hydrogen-bond acceptors (Lipinski definition) is 5. The number of anilines is 1. The maximum absolute atomic E-state index is 13.4. The second kappa shape index (κ2) is 9.77. The van der Waals surface area contributed by atoms with Crippen LogP contribution in [0, 0.1) is 5.92 Å². The molecule has 6 heteroatoms.